The van der Waals surface area contributed by atoms with E-state index in [2.05, 4.69) is 0 Å². The summed E-state index contributed by atoms with van der Waals surface area (Å²) in [6.07, 6.45) is -4.58. The Balaban J connectivity index is 1.56. The van der Waals surface area contributed by atoms with E-state index in [1.807, 2.05) is 30.3 Å². The maximum absolute atomic E-state index is 14.4. The second kappa shape index (κ2) is 9.96. The summed E-state index contributed by atoms with van der Waals surface area (Å²) >= 11 is 0. The molecule has 40 heavy (non-hydrogen) atoms. The number of ketones is 2. The first kappa shape index (κ1) is 26.4. The smallest absolute Gasteiger partial charge is 0.309 e. The van der Waals surface area contributed by atoms with Crippen molar-refractivity contribution in [1.82, 2.24) is 0 Å². The molecule has 10 heteroatoms. The average Bonchev–Trinajstić information content (AvgIpc) is 3.29. The van der Waals surface area contributed by atoms with Crippen LogP contribution in [0.1, 0.15) is 53.0 Å². The van der Waals surface area contributed by atoms with Crippen LogP contribution in [0.3, 0.4) is 0 Å². The van der Waals surface area contributed by atoms with Crippen molar-refractivity contribution in [3.63, 3.8) is 0 Å². The van der Waals surface area contributed by atoms with Crippen molar-refractivity contribution in [3.8, 4) is 5.75 Å². The summed E-state index contributed by atoms with van der Waals surface area (Å²) in [5.41, 5.74) is 0.846. The van der Waals surface area contributed by atoms with E-state index in [9.17, 15) is 19.2 Å². The Labute approximate surface area is 230 Å². The number of esters is 2. The first-order chi connectivity index (χ1) is 19.2. The summed E-state index contributed by atoms with van der Waals surface area (Å²) in [6, 6.07) is 14.0. The number of methoxy groups -OCH3 is 1. The van der Waals surface area contributed by atoms with Crippen molar-refractivity contribution in [2.45, 2.75) is 69.6 Å². The van der Waals surface area contributed by atoms with E-state index in [0.29, 0.717) is 0 Å². The lowest BCUT2D eigenvalue weighted by Gasteiger charge is -2.53. The van der Waals surface area contributed by atoms with E-state index < -0.39 is 59.8 Å². The molecule has 0 radical (unpaired) electrons. The van der Waals surface area contributed by atoms with Gasteiger partial charge in [-0.1, -0.05) is 42.5 Å². The monoisotopic (exact) mass is 548 g/mol. The number of Topliss-reactive ketones (excluding diaryl/α,β-unsaturated/α-hetero) is 2. The Kier molecular flexibility index (Phi) is 6.56. The van der Waals surface area contributed by atoms with Crippen molar-refractivity contribution in [3.05, 3.63) is 76.4 Å². The van der Waals surface area contributed by atoms with Gasteiger partial charge in [-0.25, -0.2) is 0 Å². The number of carbonyl (C=O) groups is 4. The molecule has 3 heterocycles. The lowest BCUT2D eigenvalue weighted by atomic mass is 9.72. The molecule has 2 aromatic carbocycles. The highest BCUT2D eigenvalue weighted by Gasteiger charge is 2.66. The number of rotatable bonds is 5. The minimum absolute atomic E-state index is 0.0168. The van der Waals surface area contributed by atoms with E-state index >= 15 is 0 Å². The minimum atomic E-state index is -1.98. The molecule has 0 amide bonds. The van der Waals surface area contributed by atoms with Gasteiger partial charge in [-0.15, -0.1) is 0 Å². The van der Waals surface area contributed by atoms with Gasteiger partial charge in [0.25, 0.3) is 0 Å². The number of benzene rings is 2. The second-order valence-corrected chi connectivity index (χ2v) is 10.3. The highest BCUT2D eigenvalue weighted by atomic mass is 16.7. The summed E-state index contributed by atoms with van der Waals surface area (Å²) < 4.78 is 36.1. The van der Waals surface area contributed by atoms with E-state index in [1.54, 1.807) is 19.1 Å². The topological polar surface area (TPSA) is 124 Å². The van der Waals surface area contributed by atoms with E-state index in [-0.39, 0.29) is 47.5 Å². The van der Waals surface area contributed by atoms with Crippen molar-refractivity contribution in [2.75, 3.05) is 7.11 Å². The third kappa shape index (κ3) is 4.14. The fourth-order valence-corrected chi connectivity index (χ4v) is 6.12. The Morgan fingerprint density at radius 1 is 1.02 bits per heavy atom. The summed E-state index contributed by atoms with van der Waals surface area (Å²) in [6.45, 7) is 3.10. The highest BCUT2D eigenvalue weighted by Crippen LogP contribution is 2.52. The zero-order valence-corrected chi connectivity index (χ0v) is 22.2. The van der Waals surface area contributed by atoms with Crippen LogP contribution in [0.15, 0.2) is 59.7 Å². The van der Waals surface area contributed by atoms with Gasteiger partial charge in [0, 0.05) is 18.9 Å². The third-order valence-corrected chi connectivity index (χ3v) is 7.62. The van der Waals surface area contributed by atoms with Crippen LogP contribution in [-0.2, 0) is 39.9 Å². The lowest BCUT2D eigenvalue weighted by Crippen LogP contribution is -2.67. The molecule has 10 nitrogen and oxygen atoms in total. The molecule has 2 fully saturated rings. The number of ether oxygens (including phenoxy) is 6. The predicted octanol–water partition coefficient (Wildman–Crippen LogP) is 3.11. The average molecular weight is 549 g/mol. The molecule has 0 N–H and O–H groups in total. The molecule has 3 aliphatic heterocycles. The van der Waals surface area contributed by atoms with Gasteiger partial charge >= 0.3 is 11.9 Å². The third-order valence-electron chi connectivity index (χ3n) is 7.62. The van der Waals surface area contributed by atoms with Gasteiger partial charge in [0.1, 0.15) is 18.0 Å². The largest absolute Gasteiger partial charge is 0.496 e. The summed E-state index contributed by atoms with van der Waals surface area (Å²) in [7, 11) is 1.40. The van der Waals surface area contributed by atoms with Crippen molar-refractivity contribution >= 4 is 23.5 Å². The van der Waals surface area contributed by atoms with Gasteiger partial charge in [0.15, 0.2) is 23.8 Å². The van der Waals surface area contributed by atoms with E-state index in [4.69, 9.17) is 28.4 Å². The molecule has 1 spiro atoms. The Bertz CT molecular complexity index is 1430. The molecule has 0 saturated carbocycles. The molecule has 2 aromatic rings. The van der Waals surface area contributed by atoms with E-state index in [0.717, 1.165) is 5.56 Å². The molecule has 2 saturated heterocycles. The number of hydrogen-bond acceptors (Lipinski definition) is 10. The van der Waals surface area contributed by atoms with Crippen LogP contribution in [-0.4, -0.2) is 66.9 Å². The molecule has 208 valence electrons. The Morgan fingerprint density at radius 2 is 1.80 bits per heavy atom. The quantitative estimate of drug-likeness (QED) is 0.515. The van der Waals surface area contributed by atoms with Gasteiger partial charge in [0.05, 0.1) is 43.0 Å². The maximum Gasteiger partial charge on any atom is 0.309 e. The van der Waals surface area contributed by atoms with Crippen LogP contribution in [0.2, 0.25) is 0 Å². The molecule has 0 unspecified atom stereocenters. The van der Waals surface area contributed by atoms with Crippen molar-refractivity contribution in [1.29, 1.82) is 0 Å². The molecule has 6 rings (SSSR count). The normalized spacial score (nSPS) is 30.9. The number of hydrogen-bond donors (Lipinski definition) is 0. The summed E-state index contributed by atoms with van der Waals surface area (Å²) in [5.74, 6) is -3.98. The van der Waals surface area contributed by atoms with Gasteiger partial charge in [-0.2, -0.15) is 0 Å². The van der Waals surface area contributed by atoms with Gasteiger partial charge in [0.2, 0.25) is 5.79 Å². The van der Waals surface area contributed by atoms with Crippen molar-refractivity contribution in [2.24, 2.45) is 0 Å². The molecule has 0 aromatic heterocycles. The summed E-state index contributed by atoms with van der Waals surface area (Å²) in [5, 5.41) is 0. The van der Waals surface area contributed by atoms with Crippen LogP contribution in [0.25, 0.3) is 0 Å². The van der Waals surface area contributed by atoms with Crippen LogP contribution in [0, 0.1) is 0 Å². The maximum atomic E-state index is 14.4. The number of carbonyl (C=O) groups excluding carboxylic acids is 4. The molecule has 4 aliphatic rings. The van der Waals surface area contributed by atoms with E-state index in [1.165, 1.54) is 20.1 Å². The highest BCUT2D eigenvalue weighted by molar-refractivity contribution is 6.29. The van der Waals surface area contributed by atoms with Crippen LogP contribution >= 0.6 is 0 Å². The number of fused-ring (bicyclic) bond motifs is 4. The fourth-order valence-electron chi connectivity index (χ4n) is 6.12. The predicted molar refractivity (Wildman–Crippen MR) is 137 cm³/mol. The van der Waals surface area contributed by atoms with Crippen LogP contribution < -0.4 is 4.74 Å². The molecule has 1 aliphatic carbocycles. The van der Waals surface area contributed by atoms with Crippen molar-refractivity contribution < 1.29 is 47.6 Å². The molecular weight excluding hydrogens is 520 g/mol. The summed E-state index contributed by atoms with van der Waals surface area (Å²) in [4.78, 5) is 53.2. The van der Waals surface area contributed by atoms with Gasteiger partial charge in [-0.05, 0) is 18.6 Å². The molecular formula is C30H28O10. The lowest BCUT2D eigenvalue weighted by molar-refractivity contribution is -0.346. The SMILES string of the molecule is COc1cccc2c1C(=O)C1=C(C2=O)[C@H]2OC(=O)C[C@H]2O[C@@]12O[C@H](C)C[C@@H](OC(C)=O)[C@@H]2OCc1ccccc1. The standard InChI is InChI=1S/C30H28O10/c1-15-12-21(37-16(2)31)29(36-14-17-8-5-4-6-9-17)30(39-15)25-24(28-20(40-30)13-22(32)38-28)26(33)18-10-7-11-19(35-3)23(18)27(25)34/h4-11,15,20-21,28-29H,12-14H2,1-3H3/t15-,20-,21-,28+,29+,30+/m1/s1. The zero-order chi connectivity index (χ0) is 28.2. The van der Waals surface area contributed by atoms with Gasteiger partial charge < -0.3 is 28.4 Å². The Morgan fingerprint density at radius 3 is 2.52 bits per heavy atom. The first-order valence-electron chi connectivity index (χ1n) is 13.1. The Hall–Kier alpha value is -3.86. The first-order valence-corrected chi connectivity index (χ1v) is 13.1. The second-order valence-electron chi connectivity index (χ2n) is 10.3. The van der Waals surface area contributed by atoms with Gasteiger partial charge in [-0.3, -0.25) is 19.2 Å². The molecule has 6 atom stereocenters. The van der Waals surface area contributed by atoms with Crippen LogP contribution in [0.4, 0.5) is 0 Å². The molecule has 0 bridgehead atoms. The fraction of sp³-hybridized carbons (Fsp3) is 0.400. The van der Waals surface area contributed by atoms with Crippen LogP contribution in [0.5, 0.6) is 5.75 Å². The minimum Gasteiger partial charge on any atom is -0.496 e. The zero-order valence-electron chi connectivity index (χ0n) is 22.2.